The molecule has 0 atom stereocenters. The highest BCUT2D eigenvalue weighted by molar-refractivity contribution is 6.01. The topological polar surface area (TPSA) is 48.1 Å². The maximum absolute atomic E-state index is 6.01. The van der Waals surface area contributed by atoms with Crippen LogP contribution in [0.2, 0.25) is 0 Å². The SMILES string of the molecule is Nc1nccc2c(-c3cccc(OCc4ccccc4)c3)cccc12. The van der Waals surface area contributed by atoms with Gasteiger partial charge in [-0.1, -0.05) is 60.7 Å². The Morgan fingerprint density at radius 3 is 2.52 bits per heavy atom. The van der Waals surface area contributed by atoms with E-state index < -0.39 is 0 Å². The van der Waals surface area contributed by atoms with Crippen LogP contribution in [-0.4, -0.2) is 4.98 Å². The molecule has 3 aromatic carbocycles. The highest BCUT2D eigenvalue weighted by Gasteiger charge is 2.07. The summed E-state index contributed by atoms with van der Waals surface area (Å²) >= 11 is 0. The maximum Gasteiger partial charge on any atom is 0.131 e. The fourth-order valence-electron chi connectivity index (χ4n) is 2.98. The minimum atomic E-state index is 0.552. The van der Waals surface area contributed by atoms with Gasteiger partial charge in [0.2, 0.25) is 0 Å². The number of aromatic nitrogens is 1. The van der Waals surface area contributed by atoms with Crippen LogP contribution in [0.5, 0.6) is 5.75 Å². The van der Waals surface area contributed by atoms with Crippen LogP contribution in [0.3, 0.4) is 0 Å². The number of nitrogen functional groups attached to an aromatic ring is 1. The van der Waals surface area contributed by atoms with Gasteiger partial charge in [0.05, 0.1) is 0 Å². The Morgan fingerprint density at radius 2 is 1.64 bits per heavy atom. The van der Waals surface area contributed by atoms with Crippen molar-refractivity contribution >= 4 is 16.6 Å². The zero-order valence-electron chi connectivity index (χ0n) is 13.7. The number of pyridine rings is 1. The molecule has 0 spiro atoms. The second-order valence-corrected chi connectivity index (χ2v) is 5.90. The number of hydrogen-bond donors (Lipinski definition) is 1. The molecule has 0 saturated carbocycles. The smallest absolute Gasteiger partial charge is 0.131 e. The van der Waals surface area contributed by atoms with E-state index >= 15 is 0 Å². The predicted molar refractivity (Wildman–Crippen MR) is 102 cm³/mol. The molecular formula is C22H18N2O. The number of ether oxygens (including phenoxy) is 1. The second-order valence-electron chi connectivity index (χ2n) is 5.90. The van der Waals surface area contributed by atoms with Gasteiger partial charge in [0.25, 0.3) is 0 Å². The van der Waals surface area contributed by atoms with Crippen LogP contribution in [0.1, 0.15) is 5.56 Å². The summed E-state index contributed by atoms with van der Waals surface area (Å²) < 4.78 is 5.95. The average Bonchev–Trinajstić information content (AvgIpc) is 2.67. The first kappa shape index (κ1) is 15.2. The van der Waals surface area contributed by atoms with E-state index in [9.17, 15) is 0 Å². The molecule has 0 aliphatic heterocycles. The molecule has 4 aromatic rings. The van der Waals surface area contributed by atoms with Gasteiger partial charge in [-0.3, -0.25) is 0 Å². The van der Waals surface area contributed by atoms with E-state index in [1.165, 1.54) is 0 Å². The molecule has 1 aromatic heterocycles. The van der Waals surface area contributed by atoms with E-state index in [0.717, 1.165) is 33.2 Å². The van der Waals surface area contributed by atoms with Crippen molar-refractivity contribution in [1.29, 1.82) is 0 Å². The van der Waals surface area contributed by atoms with Gasteiger partial charge < -0.3 is 10.5 Å². The second kappa shape index (κ2) is 6.65. The molecule has 0 unspecified atom stereocenters. The van der Waals surface area contributed by atoms with Crippen LogP contribution >= 0.6 is 0 Å². The Balaban J connectivity index is 1.67. The third kappa shape index (κ3) is 3.17. The lowest BCUT2D eigenvalue weighted by Gasteiger charge is -2.11. The molecule has 0 radical (unpaired) electrons. The molecule has 0 aliphatic carbocycles. The van der Waals surface area contributed by atoms with E-state index in [4.69, 9.17) is 10.5 Å². The molecule has 0 amide bonds. The minimum absolute atomic E-state index is 0.552. The maximum atomic E-state index is 6.01. The lowest BCUT2D eigenvalue weighted by Crippen LogP contribution is -1.95. The van der Waals surface area contributed by atoms with E-state index in [0.29, 0.717) is 12.4 Å². The van der Waals surface area contributed by atoms with Crippen molar-refractivity contribution < 1.29 is 4.74 Å². The summed E-state index contributed by atoms with van der Waals surface area (Å²) in [4.78, 5) is 4.18. The van der Waals surface area contributed by atoms with E-state index in [1.54, 1.807) is 6.20 Å². The summed E-state index contributed by atoms with van der Waals surface area (Å²) in [5.41, 5.74) is 9.38. The fraction of sp³-hybridized carbons (Fsp3) is 0.0455. The van der Waals surface area contributed by atoms with Crippen LogP contribution in [0.4, 0.5) is 5.82 Å². The lowest BCUT2D eigenvalue weighted by atomic mass is 9.99. The average molecular weight is 326 g/mol. The van der Waals surface area contributed by atoms with Crippen LogP contribution < -0.4 is 10.5 Å². The third-order valence-corrected chi connectivity index (χ3v) is 4.23. The quantitative estimate of drug-likeness (QED) is 0.570. The zero-order chi connectivity index (χ0) is 17.1. The number of nitrogens with two attached hydrogens (primary N) is 1. The van der Waals surface area contributed by atoms with Crippen molar-refractivity contribution in [3.63, 3.8) is 0 Å². The molecule has 4 rings (SSSR count). The number of benzene rings is 3. The molecule has 3 heteroatoms. The molecule has 0 fully saturated rings. The number of anilines is 1. The Labute approximate surface area is 146 Å². The van der Waals surface area contributed by atoms with Crippen molar-refractivity contribution in [2.45, 2.75) is 6.61 Å². The molecular weight excluding hydrogens is 308 g/mol. The summed E-state index contributed by atoms with van der Waals surface area (Å²) in [7, 11) is 0. The molecule has 0 saturated heterocycles. The first-order chi connectivity index (χ1) is 12.3. The van der Waals surface area contributed by atoms with Crippen LogP contribution in [0, 0.1) is 0 Å². The number of fused-ring (bicyclic) bond motifs is 1. The van der Waals surface area contributed by atoms with Crippen molar-refractivity contribution in [3.05, 3.63) is 90.6 Å². The Kier molecular flexibility index (Phi) is 4.05. The normalized spacial score (nSPS) is 10.7. The van der Waals surface area contributed by atoms with Crippen LogP contribution in [-0.2, 0) is 6.61 Å². The largest absolute Gasteiger partial charge is 0.489 e. The standard InChI is InChI=1S/C22H18N2O/c23-22-21-11-5-10-19(20(21)12-13-24-22)17-8-4-9-18(14-17)25-15-16-6-2-1-3-7-16/h1-14H,15H2,(H2,23,24). The predicted octanol–water partition coefficient (Wildman–Crippen LogP) is 5.06. The fourth-order valence-corrected chi connectivity index (χ4v) is 2.98. The zero-order valence-corrected chi connectivity index (χ0v) is 13.7. The van der Waals surface area contributed by atoms with Crippen LogP contribution in [0.15, 0.2) is 85.1 Å². The van der Waals surface area contributed by atoms with E-state index in [-0.39, 0.29) is 0 Å². The van der Waals surface area contributed by atoms with Crippen LogP contribution in [0.25, 0.3) is 21.9 Å². The van der Waals surface area contributed by atoms with E-state index in [2.05, 4.69) is 35.3 Å². The van der Waals surface area contributed by atoms with Crippen molar-refractivity contribution in [2.24, 2.45) is 0 Å². The van der Waals surface area contributed by atoms with Gasteiger partial charge in [0.1, 0.15) is 18.2 Å². The van der Waals surface area contributed by atoms with Gasteiger partial charge in [0.15, 0.2) is 0 Å². The van der Waals surface area contributed by atoms with Gasteiger partial charge in [0, 0.05) is 11.6 Å². The Morgan fingerprint density at radius 1 is 0.800 bits per heavy atom. The highest BCUT2D eigenvalue weighted by Crippen LogP contribution is 2.32. The summed E-state index contributed by atoms with van der Waals surface area (Å²) in [6.45, 7) is 0.552. The number of rotatable bonds is 4. The molecule has 122 valence electrons. The molecule has 2 N–H and O–H groups in total. The first-order valence-electron chi connectivity index (χ1n) is 8.21. The highest BCUT2D eigenvalue weighted by atomic mass is 16.5. The summed E-state index contributed by atoms with van der Waals surface area (Å²) in [5, 5.41) is 2.06. The van der Waals surface area contributed by atoms with Gasteiger partial charge in [-0.15, -0.1) is 0 Å². The molecule has 3 nitrogen and oxygen atoms in total. The summed E-state index contributed by atoms with van der Waals surface area (Å²) in [5.74, 6) is 1.40. The Bertz CT molecular complexity index is 1010. The monoisotopic (exact) mass is 326 g/mol. The van der Waals surface area contributed by atoms with Gasteiger partial charge >= 0.3 is 0 Å². The third-order valence-electron chi connectivity index (χ3n) is 4.23. The lowest BCUT2D eigenvalue weighted by molar-refractivity contribution is 0.306. The van der Waals surface area contributed by atoms with Gasteiger partial charge in [-0.2, -0.15) is 0 Å². The van der Waals surface area contributed by atoms with Gasteiger partial charge in [-0.25, -0.2) is 4.98 Å². The molecule has 25 heavy (non-hydrogen) atoms. The van der Waals surface area contributed by atoms with Crippen molar-refractivity contribution in [1.82, 2.24) is 4.98 Å². The van der Waals surface area contributed by atoms with Crippen molar-refractivity contribution in [2.75, 3.05) is 5.73 Å². The molecule has 0 aliphatic rings. The Hall–Kier alpha value is -3.33. The summed E-state index contributed by atoms with van der Waals surface area (Å²) in [6, 6.07) is 26.4. The van der Waals surface area contributed by atoms with E-state index in [1.807, 2.05) is 48.5 Å². The summed E-state index contributed by atoms with van der Waals surface area (Å²) in [6.07, 6.45) is 1.75. The number of hydrogen-bond acceptors (Lipinski definition) is 3. The minimum Gasteiger partial charge on any atom is -0.489 e. The molecule has 1 heterocycles. The first-order valence-corrected chi connectivity index (χ1v) is 8.21. The number of nitrogens with zero attached hydrogens (tertiary/aromatic N) is 1. The molecule has 0 bridgehead atoms. The van der Waals surface area contributed by atoms with Crippen molar-refractivity contribution in [3.8, 4) is 16.9 Å². The van der Waals surface area contributed by atoms with Gasteiger partial charge in [-0.05, 0) is 40.3 Å².